The molecule has 2 aliphatic heterocycles. The first-order valence-electron chi connectivity index (χ1n) is 58.7. The summed E-state index contributed by atoms with van der Waals surface area (Å²) in [4.78, 5) is 45.0. The van der Waals surface area contributed by atoms with Crippen LogP contribution in [0.15, 0.2) is 48.5 Å². The summed E-state index contributed by atoms with van der Waals surface area (Å²) >= 11 is 0. The van der Waals surface area contributed by atoms with Crippen molar-refractivity contribution in [2.24, 2.45) is 0 Å². The largest absolute Gasteiger partial charge is 2.00 e. The molecule has 2 aliphatic rings. The molecule has 0 unspecified atom stereocenters. The number of fused-ring (bicyclic) bond motifs is 20. The van der Waals surface area contributed by atoms with E-state index in [2.05, 4.69) is 0 Å². The molecular formula is C120H192N8O16Zn. The van der Waals surface area contributed by atoms with E-state index in [0.29, 0.717) is 189 Å². The topological polar surface area (TPSA) is 341 Å². The van der Waals surface area contributed by atoms with Gasteiger partial charge in [-0.05, 0) is 173 Å². The zero-order chi connectivity index (χ0) is 101. The maximum absolute atomic E-state index is 9.41. The first kappa shape index (κ1) is 123. The zero-order valence-corrected chi connectivity index (χ0v) is 92.9. The Morgan fingerprint density at radius 3 is 0.379 bits per heavy atom. The molecule has 0 atom stereocenters. The number of unbranched alkanes of at least 4 members (excludes halogenated alkanes) is 64. The van der Waals surface area contributed by atoms with Gasteiger partial charge in [-0.3, -0.25) is 0 Å². The van der Waals surface area contributed by atoms with Gasteiger partial charge in [0.15, 0.2) is 46.0 Å². The number of hydrogen-bond acceptors (Lipinski definition) is 22. The van der Waals surface area contributed by atoms with Gasteiger partial charge in [-0.1, -0.05) is 360 Å². The Morgan fingerprint density at radius 2 is 0.255 bits per heavy atom. The molecule has 0 saturated heterocycles. The predicted octanol–water partition coefficient (Wildman–Crippen LogP) is 29.2. The fourth-order valence-electron chi connectivity index (χ4n) is 19.7. The molecule has 145 heavy (non-hydrogen) atoms. The molecule has 8 N–H and O–H groups in total. The Kier molecular flexibility index (Phi) is 68.6. The van der Waals surface area contributed by atoms with Crippen LogP contribution < -0.4 is 47.9 Å². The van der Waals surface area contributed by atoms with Gasteiger partial charge in [-0.15, -0.1) is 0 Å². The number of aromatic nitrogens is 8. The molecule has 0 amide bonds. The number of ether oxygens (including phenoxy) is 8. The fourth-order valence-corrected chi connectivity index (χ4v) is 19.7. The van der Waals surface area contributed by atoms with Gasteiger partial charge in [0.05, 0.1) is 76.2 Å². The molecule has 0 fully saturated rings. The van der Waals surface area contributed by atoms with Crippen molar-refractivity contribution in [3.8, 4) is 91.5 Å². The SMILES string of the molecule is OCCCCCCCCCCCOc1cc2c(cc1OCCCCCCCCCCCO)-c1nc-2nc2[n-]c(nc3nc(nc4[n-]c(n1)c1cc(OCCCCCCCCCCCO)c(OCCCCCCCCCCCO)cc41)-c1cc(OCCCCCCCCCCCO)c(OCCCCCCCCCCCO)cc1-3)c1cc(OCCCCCCCCCCCO)c(OCCCCCCCCCCCO)cc21.[Zn+2]. The number of nitrogens with zero attached hydrogens (tertiary/aromatic N) is 8. The maximum Gasteiger partial charge on any atom is 2.00 e. The van der Waals surface area contributed by atoms with E-state index in [1.165, 1.54) is 103 Å². The van der Waals surface area contributed by atoms with Crippen molar-refractivity contribution in [2.75, 3.05) is 106 Å². The van der Waals surface area contributed by atoms with E-state index >= 15 is 0 Å². The van der Waals surface area contributed by atoms with Gasteiger partial charge in [-0.2, -0.15) is 0 Å². The van der Waals surface area contributed by atoms with Gasteiger partial charge in [-0.25, -0.2) is 9.97 Å². The van der Waals surface area contributed by atoms with Crippen LogP contribution in [0.25, 0.3) is 89.7 Å². The van der Waals surface area contributed by atoms with Crippen molar-refractivity contribution in [2.45, 2.75) is 462 Å². The van der Waals surface area contributed by atoms with Gasteiger partial charge in [0.1, 0.15) is 0 Å². The Hall–Kier alpha value is -7.06. The molecule has 3 aromatic heterocycles. The predicted molar refractivity (Wildman–Crippen MR) is 587 cm³/mol. The number of aliphatic hydroxyl groups is 8. The molecule has 9 rings (SSSR count). The monoisotopic (exact) mass is 2070 g/mol. The number of hydrogen-bond donors (Lipinski definition) is 8. The Morgan fingerprint density at radius 1 is 0.145 bits per heavy atom. The Labute approximate surface area is 884 Å². The van der Waals surface area contributed by atoms with Crippen LogP contribution >= 0.6 is 0 Å². The zero-order valence-electron chi connectivity index (χ0n) is 90.0. The van der Waals surface area contributed by atoms with Crippen LogP contribution in [0.1, 0.15) is 462 Å². The number of benzene rings is 4. The van der Waals surface area contributed by atoms with Crippen LogP contribution in [0.3, 0.4) is 0 Å². The summed E-state index contributed by atoms with van der Waals surface area (Å²) in [6.07, 6.45) is 76.3. The minimum atomic E-state index is 0. The third kappa shape index (κ3) is 49.3. The van der Waals surface area contributed by atoms with Gasteiger partial charge < -0.3 is 109 Å². The third-order valence-electron chi connectivity index (χ3n) is 28.4. The molecule has 4 aromatic carbocycles. The van der Waals surface area contributed by atoms with Crippen LogP contribution in [-0.2, 0) is 19.5 Å². The van der Waals surface area contributed by atoms with Crippen LogP contribution in [-0.4, -0.2) is 176 Å². The molecular weight excluding hydrogens is 1870 g/mol. The standard InChI is InChI=1S/C120H192N8O16.Zn/c129-73-57-41-25-9-1-17-33-49-65-81-137-105-89-97-98(90-106(105)138-82-66-50-34-18-2-10-26-42-58-74-130)114-121-113(97)125-115-99-91-107(139-83-67-51-35-19-3-11-27-43-59-75-131)108(140-84-68-52-36-20-4-12-28-44-60-76-132)92-100(99)117(122-115)127-119-103-95-111(143-87-71-55-39-23-7-15-31-47-63-79-135)112(144-88-72-56-40-24-8-16-32-48-64-80-136)96-104(103)120(124-119)128-118-102-94-110(142-86-70-54-38-22-6-14-30-46-62-78-134)109(93-101(102)116(123-118)126-114)141-85-69-53-37-21-5-13-29-45-61-77-133;/h89-96,129-136H,1-88H2;/q-2;+2. The quantitative estimate of drug-likeness (QED) is 0.0130. The van der Waals surface area contributed by atoms with Crippen molar-refractivity contribution in [3.63, 3.8) is 0 Å². The van der Waals surface area contributed by atoms with Crippen molar-refractivity contribution in [1.82, 2.24) is 39.9 Å². The number of aliphatic hydroxyl groups excluding tert-OH is 8. The number of rotatable bonds is 96. The minimum absolute atomic E-state index is 0. The average Bonchev–Trinajstić information content (AvgIpc) is 1.58. The van der Waals surface area contributed by atoms with Crippen molar-refractivity contribution in [1.29, 1.82) is 0 Å². The molecule has 5 heterocycles. The molecule has 0 saturated carbocycles. The second-order valence-corrected chi connectivity index (χ2v) is 40.9. The van der Waals surface area contributed by atoms with Crippen LogP contribution in [0.2, 0.25) is 0 Å². The van der Waals surface area contributed by atoms with Crippen molar-refractivity contribution >= 4 is 44.1 Å². The van der Waals surface area contributed by atoms with Crippen molar-refractivity contribution < 1.29 is 98.2 Å². The van der Waals surface area contributed by atoms with E-state index in [1.54, 1.807) is 0 Å². The molecule has 24 nitrogen and oxygen atoms in total. The molecule has 0 aliphatic carbocycles. The summed E-state index contributed by atoms with van der Waals surface area (Å²) in [5.41, 5.74) is 4.19. The fraction of sp³-hybridized carbons (Fsp3) is 0.733. The van der Waals surface area contributed by atoms with E-state index < -0.39 is 0 Å². The molecule has 810 valence electrons. The first-order chi connectivity index (χ1) is 71.3. The van der Waals surface area contributed by atoms with Crippen LogP contribution in [0, 0.1) is 0 Å². The summed E-state index contributed by atoms with van der Waals surface area (Å²) in [6.45, 7) is 5.80. The van der Waals surface area contributed by atoms with Crippen LogP contribution in [0.5, 0.6) is 46.0 Å². The van der Waals surface area contributed by atoms with E-state index in [0.717, 1.165) is 360 Å². The molecule has 7 aromatic rings. The van der Waals surface area contributed by atoms with Gasteiger partial charge in [0.25, 0.3) is 0 Å². The molecule has 8 bridgehead atoms. The molecule has 0 radical (unpaired) electrons. The summed E-state index contributed by atoms with van der Waals surface area (Å²) in [5, 5.41) is 78.0. The smallest absolute Gasteiger partial charge is 0.490 e. The van der Waals surface area contributed by atoms with Crippen LogP contribution in [0.4, 0.5) is 0 Å². The van der Waals surface area contributed by atoms with E-state index in [1.807, 2.05) is 48.5 Å². The second-order valence-electron chi connectivity index (χ2n) is 40.9. The van der Waals surface area contributed by atoms with Gasteiger partial charge in [0.2, 0.25) is 0 Å². The van der Waals surface area contributed by atoms with E-state index in [4.69, 9.17) is 77.8 Å². The summed E-state index contributed by atoms with van der Waals surface area (Å²) in [7, 11) is 0. The van der Waals surface area contributed by atoms with E-state index in [-0.39, 0.29) is 72.3 Å². The van der Waals surface area contributed by atoms with Crippen molar-refractivity contribution in [3.05, 3.63) is 48.5 Å². The Balaban J connectivity index is 0.0000257. The molecule has 0 spiro atoms. The van der Waals surface area contributed by atoms with Gasteiger partial charge in [0, 0.05) is 97.7 Å². The minimum Gasteiger partial charge on any atom is -0.490 e. The average molecular weight is 2070 g/mol. The maximum atomic E-state index is 9.41. The summed E-state index contributed by atoms with van der Waals surface area (Å²) in [6, 6.07) is 16.3. The van der Waals surface area contributed by atoms with Gasteiger partial charge >= 0.3 is 19.5 Å². The molecule has 25 heteroatoms. The first-order valence-corrected chi connectivity index (χ1v) is 58.7. The van der Waals surface area contributed by atoms with E-state index in [9.17, 15) is 40.9 Å². The summed E-state index contributed by atoms with van der Waals surface area (Å²) in [5.74, 6) is 6.20. The normalized spacial score (nSPS) is 11.8. The summed E-state index contributed by atoms with van der Waals surface area (Å²) < 4.78 is 56.0. The third-order valence-corrected chi connectivity index (χ3v) is 28.4. The second kappa shape index (κ2) is 80.8. The Bertz CT molecular complexity index is 4090.